The first-order valence-corrected chi connectivity index (χ1v) is 7.15. The van der Waals surface area contributed by atoms with Crippen LogP contribution in [-0.4, -0.2) is 23.4 Å². The molecule has 1 aliphatic rings. The predicted octanol–water partition coefficient (Wildman–Crippen LogP) is 2.64. The first-order valence-electron chi connectivity index (χ1n) is 7.15. The maximum absolute atomic E-state index is 5.74. The van der Waals surface area contributed by atoms with Crippen molar-refractivity contribution in [3.8, 4) is 5.75 Å². The lowest BCUT2D eigenvalue weighted by atomic mass is 9.86. The molecule has 2 atom stereocenters. The molecule has 106 valence electrons. The standard InChI is InChI=1S/C16H21N3O/c1-17-15(13-10-18-19(2)11-13)9-12-7-8-20-16-6-4-3-5-14(12)16/h3-6,10-12,15,17H,7-9H2,1-2H3. The summed E-state index contributed by atoms with van der Waals surface area (Å²) < 4.78 is 7.60. The van der Waals surface area contributed by atoms with Crippen LogP contribution in [0.25, 0.3) is 0 Å². The molecule has 0 saturated heterocycles. The Labute approximate surface area is 119 Å². The summed E-state index contributed by atoms with van der Waals surface area (Å²) in [5, 5.41) is 7.69. The van der Waals surface area contributed by atoms with Crippen LogP contribution < -0.4 is 10.1 Å². The maximum atomic E-state index is 5.74. The lowest BCUT2D eigenvalue weighted by molar-refractivity contribution is 0.256. The third-order valence-corrected chi connectivity index (χ3v) is 4.08. The molecule has 4 heteroatoms. The highest BCUT2D eigenvalue weighted by Gasteiger charge is 2.24. The topological polar surface area (TPSA) is 39.1 Å². The molecule has 0 amide bonds. The predicted molar refractivity (Wildman–Crippen MR) is 78.9 cm³/mol. The van der Waals surface area contributed by atoms with Gasteiger partial charge in [-0.3, -0.25) is 4.68 Å². The van der Waals surface area contributed by atoms with Gasteiger partial charge in [0.05, 0.1) is 12.8 Å². The second-order valence-electron chi connectivity index (χ2n) is 5.40. The second kappa shape index (κ2) is 5.67. The van der Waals surface area contributed by atoms with Gasteiger partial charge in [0, 0.05) is 24.8 Å². The molecule has 0 radical (unpaired) electrons. The van der Waals surface area contributed by atoms with E-state index in [2.05, 4.69) is 34.8 Å². The summed E-state index contributed by atoms with van der Waals surface area (Å²) in [6.45, 7) is 0.811. The third kappa shape index (κ3) is 2.56. The minimum absolute atomic E-state index is 0.333. The maximum Gasteiger partial charge on any atom is 0.122 e. The van der Waals surface area contributed by atoms with E-state index in [9.17, 15) is 0 Å². The van der Waals surface area contributed by atoms with Crippen LogP contribution in [0, 0.1) is 0 Å². The molecule has 0 saturated carbocycles. The summed E-state index contributed by atoms with van der Waals surface area (Å²) in [5.74, 6) is 1.59. The Morgan fingerprint density at radius 1 is 1.45 bits per heavy atom. The summed E-state index contributed by atoms with van der Waals surface area (Å²) in [4.78, 5) is 0. The molecule has 0 aliphatic carbocycles. The van der Waals surface area contributed by atoms with Crippen molar-refractivity contribution in [1.82, 2.24) is 15.1 Å². The molecule has 1 N–H and O–H groups in total. The molecular weight excluding hydrogens is 250 g/mol. The fourth-order valence-electron chi connectivity index (χ4n) is 2.99. The Bertz CT molecular complexity index is 579. The van der Waals surface area contributed by atoms with Crippen LogP contribution >= 0.6 is 0 Å². The number of aromatic nitrogens is 2. The SMILES string of the molecule is CNC(CC1CCOc2ccccc21)c1cnn(C)c1. The highest BCUT2D eigenvalue weighted by atomic mass is 16.5. The van der Waals surface area contributed by atoms with Crippen LogP contribution in [0.1, 0.15) is 35.9 Å². The van der Waals surface area contributed by atoms with E-state index >= 15 is 0 Å². The number of para-hydroxylation sites is 1. The van der Waals surface area contributed by atoms with E-state index in [0.29, 0.717) is 12.0 Å². The number of rotatable bonds is 4. The van der Waals surface area contributed by atoms with Gasteiger partial charge in [-0.15, -0.1) is 0 Å². The Kier molecular flexibility index (Phi) is 3.74. The first-order chi connectivity index (χ1) is 9.78. The Morgan fingerprint density at radius 2 is 2.30 bits per heavy atom. The molecule has 0 fully saturated rings. The van der Waals surface area contributed by atoms with Gasteiger partial charge in [-0.2, -0.15) is 5.10 Å². The lowest BCUT2D eigenvalue weighted by Gasteiger charge is -2.28. The quantitative estimate of drug-likeness (QED) is 0.929. The van der Waals surface area contributed by atoms with Crippen molar-refractivity contribution >= 4 is 0 Å². The van der Waals surface area contributed by atoms with Gasteiger partial charge in [0.15, 0.2) is 0 Å². The van der Waals surface area contributed by atoms with Crippen molar-refractivity contribution in [2.45, 2.75) is 24.8 Å². The lowest BCUT2D eigenvalue weighted by Crippen LogP contribution is -2.22. The van der Waals surface area contributed by atoms with E-state index in [1.165, 1.54) is 11.1 Å². The van der Waals surface area contributed by atoms with Gasteiger partial charge in [-0.05, 0) is 37.4 Å². The number of ether oxygens (including phenoxy) is 1. The first kappa shape index (κ1) is 13.2. The normalized spacial score (nSPS) is 19.2. The smallest absolute Gasteiger partial charge is 0.122 e. The zero-order valence-electron chi connectivity index (χ0n) is 12.0. The highest BCUT2D eigenvalue weighted by molar-refractivity contribution is 5.38. The fourth-order valence-corrected chi connectivity index (χ4v) is 2.99. The van der Waals surface area contributed by atoms with Gasteiger partial charge >= 0.3 is 0 Å². The number of aryl methyl sites for hydroxylation is 1. The highest BCUT2D eigenvalue weighted by Crippen LogP contribution is 2.38. The molecular formula is C16H21N3O. The van der Waals surface area contributed by atoms with Crippen LogP contribution in [-0.2, 0) is 7.05 Å². The number of fused-ring (bicyclic) bond motifs is 1. The average Bonchev–Trinajstić information content (AvgIpc) is 2.91. The number of hydrogen-bond donors (Lipinski definition) is 1. The van der Waals surface area contributed by atoms with Gasteiger partial charge in [0.1, 0.15) is 5.75 Å². The van der Waals surface area contributed by atoms with Crippen molar-refractivity contribution in [2.24, 2.45) is 7.05 Å². The second-order valence-corrected chi connectivity index (χ2v) is 5.40. The fraction of sp³-hybridized carbons (Fsp3) is 0.438. The minimum atomic E-state index is 0.333. The number of nitrogens with zero attached hydrogens (tertiary/aromatic N) is 2. The number of benzene rings is 1. The van der Waals surface area contributed by atoms with E-state index in [1.807, 2.05) is 31.0 Å². The van der Waals surface area contributed by atoms with Crippen molar-refractivity contribution in [3.05, 3.63) is 47.8 Å². The molecule has 20 heavy (non-hydrogen) atoms. The van der Waals surface area contributed by atoms with E-state index in [4.69, 9.17) is 4.74 Å². The molecule has 2 unspecified atom stereocenters. The molecule has 1 aromatic carbocycles. The Hall–Kier alpha value is -1.81. The zero-order valence-corrected chi connectivity index (χ0v) is 12.0. The molecule has 2 aromatic rings. The molecule has 0 bridgehead atoms. The molecule has 3 rings (SSSR count). The molecule has 1 aromatic heterocycles. The van der Waals surface area contributed by atoms with Crippen molar-refractivity contribution in [2.75, 3.05) is 13.7 Å². The van der Waals surface area contributed by atoms with Crippen molar-refractivity contribution in [3.63, 3.8) is 0 Å². The van der Waals surface area contributed by atoms with Gasteiger partial charge in [-0.1, -0.05) is 18.2 Å². The van der Waals surface area contributed by atoms with Gasteiger partial charge < -0.3 is 10.1 Å². The van der Waals surface area contributed by atoms with E-state index in [-0.39, 0.29) is 0 Å². The van der Waals surface area contributed by atoms with Crippen LogP contribution in [0.2, 0.25) is 0 Å². The largest absolute Gasteiger partial charge is 0.493 e. The summed E-state index contributed by atoms with van der Waals surface area (Å²) in [7, 11) is 3.98. The van der Waals surface area contributed by atoms with E-state index < -0.39 is 0 Å². The van der Waals surface area contributed by atoms with E-state index in [0.717, 1.165) is 25.2 Å². The van der Waals surface area contributed by atoms with Gasteiger partial charge in [0.2, 0.25) is 0 Å². The third-order valence-electron chi connectivity index (χ3n) is 4.08. The van der Waals surface area contributed by atoms with Crippen molar-refractivity contribution < 1.29 is 4.74 Å². The van der Waals surface area contributed by atoms with Gasteiger partial charge in [-0.25, -0.2) is 0 Å². The van der Waals surface area contributed by atoms with Crippen molar-refractivity contribution in [1.29, 1.82) is 0 Å². The van der Waals surface area contributed by atoms with Crippen LogP contribution in [0.4, 0.5) is 0 Å². The van der Waals surface area contributed by atoms with Gasteiger partial charge in [0.25, 0.3) is 0 Å². The minimum Gasteiger partial charge on any atom is -0.493 e. The number of nitrogens with one attached hydrogen (secondary N) is 1. The van der Waals surface area contributed by atoms with E-state index in [1.54, 1.807) is 0 Å². The summed E-state index contributed by atoms with van der Waals surface area (Å²) in [6, 6.07) is 8.73. The molecule has 0 spiro atoms. The van der Waals surface area contributed by atoms with Crippen LogP contribution in [0.5, 0.6) is 5.75 Å². The summed E-state index contributed by atoms with van der Waals surface area (Å²) >= 11 is 0. The zero-order chi connectivity index (χ0) is 13.9. The molecule has 4 nitrogen and oxygen atoms in total. The number of hydrogen-bond acceptors (Lipinski definition) is 3. The Morgan fingerprint density at radius 3 is 3.05 bits per heavy atom. The molecule has 2 heterocycles. The summed E-state index contributed by atoms with van der Waals surface area (Å²) in [5.41, 5.74) is 2.59. The Balaban J connectivity index is 1.80. The van der Waals surface area contributed by atoms with Crippen LogP contribution in [0.3, 0.4) is 0 Å². The monoisotopic (exact) mass is 271 g/mol. The summed E-state index contributed by atoms with van der Waals surface area (Å²) in [6.07, 6.45) is 6.19. The average molecular weight is 271 g/mol. The van der Waals surface area contributed by atoms with Crippen LogP contribution in [0.15, 0.2) is 36.7 Å². The molecule has 1 aliphatic heterocycles.